The third-order valence-electron chi connectivity index (χ3n) is 7.90. The second kappa shape index (κ2) is 27.8. The van der Waals surface area contributed by atoms with E-state index in [9.17, 15) is 14.4 Å². The number of hydrogen-bond acceptors (Lipinski definition) is 9. The van der Waals surface area contributed by atoms with E-state index in [0.29, 0.717) is 77.5 Å². The van der Waals surface area contributed by atoms with Gasteiger partial charge in [0.15, 0.2) is 0 Å². The minimum atomic E-state index is -0.0577. The van der Waals surface area contributed by atoms with Crippen LogP contribution in [0.1, 0.15) is 89.9 Å². The van der Waals surface area contributed by atoms with E-state index in [0.717, 1.165) is 43.7 Å². The van der Waals surface area contributed by atoms with Crippen molar-refractivity contribution in [3.05, 3.63) is 0 Å². The molecule has 0 radical (unpaired) electrons. The summed E-state index contributed by atoms with van der Waals surface area (Å²) in [6, 6.07) is 0.419. The van der Waals surface area contributed by atoms with Gasteiger partial charge in [0.1, 0.15) is 0 Å². The zero-order valence-corrected chi connectivity index (χ0v) is 29.0. The molecule has 2 fully saturated rings. The molecule has 4 N–H and O–H groups in total. The van der Waals surface area contributed by atoms with Crippen LogP contribution in [0.25, 0.3) is 0 Å². The Hall–Kier alpha value is -1.25. The van der Waals surface area contributed by atoms with Gasteiger partial charge in [-0.1, -0.05) is 51.4 Å². The first-order chi connectivity index (χ1) is 22.1. The quantitative estimate of drug-likeness (QED) is 0.0425. The number of carbonyl (C=O) groups is 3. The molecule has 2 aliphatic heterocycles. The molecular formula is C32H60N4O7S2. The summed E-state index contributed by atoms with van der Waals surface area (Å²) < 4.78 is 22.0. The number of nitrogens with one attached hydrogen (secondary N) is 4. The smallest absolute Gasteiger partial charge is 0.315 e. The molecule has 2 heterocycles. The maximum atomic E-state index is 12.0. The average Bonchev–Trinajstić information content (AvgIpc) is 3.59. The van der Waals surface area contributed by atoms with Gasteiger partial charge in [-0.25, -0.2) is 4.79 Å². The third-order valence-corrected chi connectivity index (χ3v) is 9.72. The largest absolute Gasteiger partial charge is 0.379 e. The lowest BCUT2D eigenvalue weighted by atomic mass is 10.0. The molecule has 0 unspecified atom stereocenters. The number of fused-ring (bicyclic) bond motifs is 1. The second-order valence-corrected chi connectivity index (χ2v) is 13.4. The topological polar surface area (TPSA) is 136 Å². The van der Waals surface area contributed by atoms with Crippen LogP contribution >= 0.6 is 24.4 Å². The SMILES string of the molecule is O=C(CCCC[C@@H]1SC[C@@H]2NC(=O)N[C@@H]21)NCCOCCOCCOCCOCCC(=O)NCCCCCCCCCCCS. The summed E-state index contributed by atoms with van der Waals surface area (Å²) >= 11 is 6.15. The maximum Gasteiger partial charge on any atom is 0.315 e. The van der Waals surface area contributed by atoms with E-state index in [4.69, 9.17) is 18.9 Å². The molecule has 262 valence electrons. The number of unbranched alkanes of at least 4 members (excludes halogenated alkanes) is 9. The number of thioether (sulfide) groups is 1. The predicted octanol–water partition coefficient (Wildman–Crippen LogP) is 3.84. The Morgan fingerprint density at radius 1 is 0.667 bits per heavy atom. The normalized spacial score (nSPS) is 18.9. The Morgan fingerprint density at radius 3 is 1.89 bits per heavy atom. The standard InChI is InChI=1S/C32H60N4O7S2/c37-29(13-9-8-12-28-31-27(26-45-28)35-32(39)36-31)34-16-18-41-20-22-43-24-23-42-21-19-40-17-14-30(38)33-15-10-6-4-2-1-3-5-7-11-25-44/h27-28,31,44H,1-26H2,(H,33,38)(H,34,37)(H2,35,36,39)/t27-,28-,31-/m0/s1. The molecule has 0 aromatic carbocycles. The van der Waals surface area contributed by atoms with E-state index in [-0.39, 0.29) is 29.9 Å². The summed E-state index contributed by atoms with van der Waals surface area (Å²) in [5.74, 6) is 2.05. The fourth-order valence-corrected chi connectivity index (χ4v) is 7.11. The van der Waals surface area contributed by atoms with Crippen LogP contribution in [0, 0.1) is 0 Å². The maximum absolute atomic E-state index is 12.0. The molecule has 2 saturated heterocycles. The van der Waals surface area contributed by atoms with Crippen LogP contribution in [0.3, 0.4) is 0 Å². The molecule has 0 aromatic heterocycles. The fourth-order valence-electron chi connectivity index (χ4n) is 5.34. The van der Waals surface area contributed by atoms with E-state index >= 15 is 0 Å². The van der Waals surface area contributed by atoms with Crippen molar-refractivity contribution in [2.24, 2.45) is 0 Å². The van der Waals surface area contributed by atoms with Gasteiger partial charge in [0.25, 0.3) is 0 Å². The summed E-state index contributed by atoms with van der Waals surface area (Å²) in [6.45, 7) is 4.88. The lowest BCUT2D eigenvalue weighted by Gasteiger charge is -2.16. The van der Waals surface area contributed by atoms with Crippen molar-refractivity contribution in [2.45, 2.75) is 107 Å². The molecule has 13 heteroatoms. The lowest BCUT2D eigenvalue weighted by molar-refractivity contribution is -0.122. The summed E-state index contributed by atoms with van der Waals surface area (Å²) in [7, 11) is 0. The highest BCUT2D eigenvalue weighted by Gasteiger charge is 2.42. The van der Waals surface area contributed by atoms with Gasteiger partial charge < -0.3 is 40.2 Å². The summed E-state index contributed by atoms with van der Waals surface area (Å²) in [5.41, 5.74) is 0. The molecule has 3 atom stereocenters. The van der Waals surface area contributed by atoms with Gasteiger partial charge in [0, 0.05) is 36.9 Å². The van der Waals surface area contributed by atoms with E-state index in [2.05, 4.69) is 33.9 Å². The molecule has 2 rings (SSSR count). The first-order valence-electron chi connectivity index (χ1n) is 17.2. The first kappa shape index (κ1) is 39.9. The van der Waals surface area contributed by atoms with Crippen LogP contribution < -0.4 is 21.3 Å². The Morgan fingerprint density at radius 2 is 1.22 bits per heavy atom. The van der Waals surface area contributed by atoms with Gasteiger partial charge in [-0.15, -0.1) is 0 Å². The van der Waals surface area contributed by atoms with Gasteiger partial charge in [-0.3, -0.25) is 9.59 Å². The van der Waals surface area contributed by atoms with Gasteiger partial charge in [0.05, 0.1) is 64.9 Å². The van der Waals surface area contributed by atoms with Crippen molar-refractivity contribution in [1.29, 1.82) is 0 Å². The molecule has 11 nitrogen and oxygen atoms in total. The molecule has 4 amide bonds. The van der Waals surface area contributed by atoms with Crippen LogP contribution in [0.2, 0.25) is 0 Å². The summed E-state index contributed by atoms with van der Waals surface area (Å²) in [4.78, 5) is 35.4. The van der Waals surface area contributed by atoms with Gasteiger partial charge >= 0.3 is 6.03 Å². The molecule has 0 bridgehead atoms. The average molecular weight is 677 g/mol. The molecule has 0 saturated carbocycles. The van der Waals surface area contributed by atoms with Crippen LogP contribution in [0.15, 0.2) is 0 Å². The zero-order chi connectivity index (χ0) is 32.2. The summed E-state index contributed by atoms with van der Waals surface area (Å²) in [6.07, 6.45) is 15.0. The molecule has 2 aliphatic rings. The monoisotopic (exact) mass is 676 g/mol. The van der Waals surface area contributed by atoms with E-state index < -0.39 is 0 Å². The Labute approximate surface area is 280 Å². The van der Waals surface area contributed by atoms with Crippen molar-refractivity contribution in [1.82, 2.24) is 21.3 Å². The number of carbonyl (C=O) groups excluding carboxylic acids is 3. The van der Waals surface area contributed by atoms with E-state index in [1.54, 1.807) is 0 Å². The lowest BCUT2D eigenvalue weighted by Crippen LogP contribution is -2.36. The molecule has 0 spiro atoms. The third kappa shape index (κ3) is 21.3. The van der Waals surface area contributed by atoms with Crippen LogP contribution in [-0.2, 0) is 28.5 Å². The first-order valence-corrected chi connectivity index (χ1v) is 18.9. The van der Waals surface area contributed by atoms with Gasteiger partial charge in [-0.05, 0) is 31.4 Å². The highest BCUT2D eigenvalue weighted by Crippen LogP contribution is 2.33. The van der Waals surface area contributed by atoms with E-state index in [1.165, 1.54) is 51.4 Å². The minimum Gasteiger partial charge on any atom is -0.379 e. The minimum absolute atomic E-state index is 0.0429. The molecular weight excluding hydrogens is 617 g/mol. The molecule has 45 heavy (non-hydrogen) atoms. The van der Waals surface area contributed by atoms with Crippen molar-refractivity contribution < 1.29 is 33.3 Å². The van der Waals surface area contributed by atoms with Gasteiger partial charge in [-0.2, -0.15) is 24.4 Å². The number of urea groups is 1. The Bertz CT molecular complexity index is 784. The number of thiol groups is 1. The van der Waals surface area contributed by atoms with Crippen LogP contribution in [-0.4, -0.2) is 113 Å². The van der Waals surface area contributed by atoms with Crippen molar-refractivity contribution in [3.8, 4) is 0 Å². The number of hydrogen-bond donors (Lipinski definition) is 5. The van der Waals surface area contributed by atoms with Crippen LogP contribution in [0.5, 0.6) is 0 Å². The van der Waals surface area contributed by atoms with E-state index in [1.807, 2.05) is 11.8 Å². The van der Waals surface area contributed by atoms with Crippen molar-refractivity contribution >= 4 is 42.2 Å². The fraction of sp³-hybridized carbons (Fsp3) is 0.906. The number of amides is 4. The van der Waals surface area contributed by atoms with Crippen molar-refractivity contribution in [3.63, 3.8) is 0 Å². The van der Waals surface area contributed by atoms with Crippen LogP contribution in [0.4, 0.5) is 4.79 Å². The zero-order valence-electron chi connectivity index (χ0n) is 27.3. The second-order valence-electron chi connectivity index (χ2n) is 11.7. The molecule has 0 aromatic rings. The van der Waals surface area contributed by atoms with Crippen molar-refractivity contribution in [2.75, 3.05) is 77.5 Å². The highest BCUT2D eigenvalue weighted by atomic mass is 32.2. The summed E-state index contributed by atoms with van der Waals surface area (Å²) in [5, 5.41) is 12.3. The number of rotatable bonds is 31. The number of ether oxygens (including phenoxy) is 4. The Kier molecular flexibility index (Phi) is 24.7. The predicted molar refractivity (Wildman–Crippen MR) is 183 cm³/mol. The van der Waals surface area contributed by atoms with Gasteiger partial charge in [0.2, 0.25) is 11.8 Å². The highest BCUT2D eigenvalue weighted by molar-refractivity contribution is 8.00. The molecule has 0 aliphatic carbocycles. The Balaban J connectivity index is 1.21.